The van der Waals surface area contributed by atoms with E-state index < -0.39 is 0 Å². The number of rotatable bonds is 7. The summed E-state index contributed by atoms with van der Waals surface area (Å²) in [6.07, 6.45) is 2.27. The van der Waals surface area contributed by atoms with E-state index in [1.807, 2.05) is 25.3 Å². The van der Waals surface area contributed by atoms with E-state index >= 15 is 0 Å². The summed E-state index contributed by atoms with van der Waals surface area (Å²) in [6, 6.07) is 2.68. The van der Waals surface area contributed by atoms with Crippen molar-refractivity contribution >= 4 is 11.3 Å². The number of nitrogens with one attached hydrogen (secondary N) is 1. The van der Waals surface area contributed by atoms with Crippen LogP contribution >= 0.6 is 11.3 Å². The van der Waals surface area contributed by atoms with Crippen LogP contribution in [0.25, 0.3) is 0 Å². The minimum Gasteiger partial charge on any atom is -0.382 e. The third-order valence-corrected chi connectivity index (χ3v) is 3.68. The molecule has 1 rings (SSSR count). The lowest BCUT2D eigenvalue weighted by Gasteiger charge is -2.15. The highest BCUT2D eigenvalue weighted by Crippen LogP contribution is 2.26. The average molecular weight is 227 g/mol. The topological polar surface area (TPSA) is 21.3 Å². The predicted molar refractivity (Wildman–Crippen MR) is 66.6 cm³/mol. The standard InChI is InChI=1S/C12H21NOS/c1-4-14-8-5-6-11(13-3)12-10(2)7-9-15-12/h7,9,11,13H,4-6,8H2,1-3H3. The van der Waals surface area contributed by atoms with Crippen molar-refractivity contribution in [3.63, 3.8) is 0 Å². The van der Waals surface area contributed by atoms with Crippen molar-refractivity contribution in [1.82, 2.24) is 5.32 Å². The fraction of sp³-hybridized carbons (Fsp3) is 0.667. The molecule has 0 fully saturated rings. The van der Waals surface area contributed by atoms with Gasteiger partial charge in [-0.1, -0.05) is 0 Å². The lowest BCUT2D eigenvalue weighted by molar-refractivity contribution is 0.141. The zero-order valence-corrected chi connectivity index (χ0v) is 10.7. The van der Waals surface area contributed by atoms with Crippen LogP contribution in [-0.4, -0.2) is 20.3 Å². The molecule has 0 aromatic carbocycles. The third-order valence-electron chi connectivity index (χ3n) is 2.55. The van der Waals surface area contributed by atoms with Crippen LogP contribution in [0.1, 0.15) is 36.2 Å². The largest absolute Gasteiger partial charge is 0.382 e. The molecule has 0 aliphatic rings. The van der Waals surface area contributed by atoms with Crippen molar-refractivity contribution in [2.24, 2.45) is 0 Å². The van der Waals surface area contributed by atoms with Crippen molar-refractivity contribution in [1.29, 1.82) is 0 Å². The molecule has 1 unspecified atom stereocenters. The highest BCUT2D eigenvalue weighted by Gasteiger charge is 2.12. The molecule has 15 heavy (non-hydrogen) atoms. The molecule has 0 spiro atoms. The fourth-order valence-corrected chi connectivity index (χ4v) is 2.75. The molecular weight excluding hydrogens is 206 g/mol. The summed E-state index contributed by atoms with van der Waals surface area (Å²) in [5.74, 6) is 0. The molecule has 0 aliphatic heterocycles. The van der Waals surface area contributed by atoms with Crippen LogP contribution in [0.2, 0.25) is 0 Å². The minimum atomic E-state index is 0.491. The number of thiophene rings is 1. The SMILES string of the molecule is CCOCCCC(NC)c1sccc1C. The number of aryl methyl sites for hydroxylation is 1. The predicted octanol–water partition coefficient (Wildman–Crippen LogP) is 3.13. The van der Waals surface area contributed by atoms with Crippen molar-refractivity contribution in [2.45, 2.75) is 32.7 Å². The molecule has 1 atom stereocenters. The Kier molecular flexibility index (Phi) is 5.91. The molecule has 0 saturated carbocycles. The Morgan fingerprint density at radius 2 is 2.33 bits per heavy atom. The highest BCUT2D eigenvalue weighted by molar-refractivity contribution is 7.10. The maximum absolute atomic E-state index is 5.35. The maximum atomic E-state index is 5.35. The fourth-order valence-electron chi connectivity index (χ4n) is 1.68. The van der Waals surface area contributed by atoms with Gasteiger partial charge < -0.3 is 10.1 Å². The number of ether oxygens (including phenoxy) is 1. The van der Waals surface area contributed by atoms with Gasteiger partial charge in [0.25, 0.3) is 0 Å². The van der Waals surface area contributed by atoms with Gasteiger partial charge in [-0.2, -0.15) is 0 Å². The van der Waals surface area contributed by atoms with Crippen LogP contribution in [0.15, 0.2) is 11.4 Å². The first-order chi connectivity index (χ1) is 7.29. The molecule has 1 aromatic rings. The second kappa shape index (κ2) is 6.99. The number of hydrogen-bond donors (Lipinski definition) is 1. The Morgan fingerprint density at radius 1 is 1.53 bits per heavy atom. The van der Waals surface area contributed by atoms with E-state index in [0.717, 1.165) is 26.1 Å². The Morgan fingerprint density at radius 3 is 2.87 bits per heavy atom. The van der Waals surface area contributed by atoms with Gasteiger partial charge in [-0.05, 0) is 50.7 Å². The molecule has 1 heterocycles. The van der Waals surface area contributed by atoms with Crippen molar-refractivity contribution in [3.05, 3.63) is 21.9 Å². The van der Waals surface area contributed by atoms with E-state index in [2.05, 4.69) is 23.7 Å². The van der Waals surface area contributed by atoms with Crippen molar-refractivity contribution in [3.8, 4) is 0 Å². The summed E-state index contributed by atoms with van der Waals surface area (Å²) in [6.45, 7) is 5.92. The van der Waals surface area contributed by atoms with Gasteiger partial charge >= 0.3 is 0 Å². The molecule has 3 heteroatoms. The van der Waals surface area contributed by atoms with E-state index in [0.29, 0.717) is 6.04 Å². The van der Waals surface area contributed by atoms with Gasteiger partial charge in [0.1, 0.15) is 0 Å². The zero-order valence-electron chi connectivity index (χ0n) is 9.88. The highest BCUT2D eigenvalue weighted by atomic mass is 32.1. The molecule has 1 N–H and O–H groups in total. The van der Waals surface area contributed by atoms with Crippen molar-refractivity contribution < 1.29 is 4.74 Å². The molecule has 0 aliphatic carbocycles. The van der Waals surface area contributed by atoms with Crippen LogP contribution in [0.3, 0.4) is 0 Å². The summed E-state index contributed by atoms with van der Waals surface area (Å²) in [4.78, 5) is 1.47. The van der Waals surface area contributed by atoms with Gasteiger partial charge in [-0.15, -0.1) is 11.3 Å². The lowest BCUT2D eigenvalue weighted by atomic mass is 10.1. The van der Waals surface area contributed by atoms with E-state index in [-0.39, 0.29) is 0 Å². The normalized spacial score (nSPS) is 13.0. The number of hydrogen-bond acceptors (Lipinski definition) is 3. The van der Waals surface area contributed by atoms with E-state index in [1.165, 1.54) is 10.4 Å². The van der Waals surface area contributed by atoms with Crippen LogP contribution < -0.4 is 5.32 Å². The average Bonchev–Trinajstić information content (AvgIpc) is 2.65. The molecule has 0 radical (unpaired) electrons. The Bertz CT molecular complexity index is 272. The Balaban J connectivity index is 2.39. The van der Waals surface area contributed by atoms with Crippen LogP contribution in [0, 0.1) is 6.92 Å². The van der Waals surface area contributed by atoms with E-state index in [9.17, 15) is 0 Å². The van der Waals surface area contributed by atoms with Gasteiger partial charge in [0.15, 0.2) is 0 Å². The van der Waals surface area contributed by atoms with Gasteiger partial charge in [0, 0.05) is 24.1 Å². The first-order valence-electron chi connectivity index (χ1n) is 5.58. The molecular formula is C12H21NOS. The van der Waals surface area contributed by atoms with E-state index in [4.69, 9.17) is 4.74 Å². The lowest BCUT2D eigenvalue weighted by Crippen LogP contribution is -2.16. The Hall–Kier alpha value is -0.380. The van der Waals surface area contributed by atoms with Gasteiger partial charge in [0.2, 0.25) is 0 Å². The smallest absolute Gasteiger partial charge is 0.0466 e. The third kappa shape index (κ3) is 3.93. The van der Waals surface area contributed by atoms with Crippen molar-refractivity contribution in [2.75, 3.05) is 20.3 Å². The molecule has 2 nitrogen and oxygen atoms in total. The summed E-state index contributed by atoms with van der Waals surface area (Å²) in [5, 5.41) is 5.54. The van der Waals surface area contributed by atoms with E-state index in [1.54, 1.807) is 0 Å². The van der Waals surface area contributed by atoms with Crippen LogP contribution in [0.4, 0.5) is 0 Å². The molecule has 0 amide bonds. The molecule has 0 bridgehead atoms. The van der Waals surface area contributed by atoms with Crippen LogP contribution in [0.5, 0.6) is 0 Å². The minimum absolute atomic E-state index is 0.491. The first kappa shape index (κ1) is 12.7. The molecule has 86 valence electrons. The Labute approximate surface area is 96.7 Å². The molecule has 0 saturated heterocycles. The second-order valence-corrected chi connectivity index (χ2v) is 4.60. The van der Waals surface area contributed by atoms with Gasteiger partial charge in [0.05, 0.1) is 0 Å². The first-order valence-corrected chi connectivity index (χ1v) is 6.46. The quantitative estimate of drug-likeness (QED) is 0.723. The molecule has 1 aromatic heterocycles. The summed E-state index contributed by atoms with van der Waals surface area (Å²) < 4.78 is 5.35. The monoisotopic (exact) mass is 227 g/mol. The van der Waals surface area contributed by atoms with Crippen LogP contribution in [-0.2, 0) is 4.74 Å². The maximum Gasteiger partial charge on any atom is 0.0466 e. The zero-order chi connectivity index (χ0) is 11.1. The summed E-state index contributed by atoms with van der Waals surface area (Å²) in [7, 11) is 2.03. The van der Waals surface area contributed by atoms with Gasteiger partial charge in [-0.3, -0.25) is 0 Å². The summed E-state index contributed by atoms with van der Waals surface area (Å²) in [5.41, 5.74) is 1.40. The second-order valence-electron chi connectivity index (χ2n) is 3.65. The van der Waals surface area contributed by atoms with Gasteiger partial charge in [-0.25, -0.2) is 0 Å². The summed E-state index contributed by atoms with van der Waals surface area (Å²) >= 11 is 1.84.